The number of aryl methyl sites for hydroxylation is 1. The van der Waals surface area contributed by atoms with E-state index in [0.29, 0.717) is 5.88 Å². The monoisotopic (exact) mass is 279 g/mol. The van der Waals surface area contributed by atoms with E-state index < -0.39 is 0 Å². The molecule has 1 aliphatic heterocycles. The molecule has 0 bridgehead atoms. The van der Waals surface area contributed by atoms with E-state index >= 15 is 0 Å². The fourth-order valence-corrected chi connectivity index (χ4v) is 2.18. The smallest absolute Gasteiger partial charge is 0.219 e. The first-order valence-corrected chi connectivity index (χ1v) is 7.68. The molecule has 1 saturated heterocycles. The second-order valence-electron chi connectivity index (χ2n) is 5.11. The van der Waals surface area contributed by atoms with Crippen LogP contribution in [0.1, 0.15) is 45.4 Å². The van der Waals surface area contributed by atoms with Crippen molar-refractivity contribution in [2.75, 3.05) is 25.1 Å². The second kappa shape index (κ2) is 8.04. The minimum absolute atomic E-state index is 0.215. The zero-order valence-corrected chi connectivity index (χ0v) is 12.5. The van der Waals surface area contributed by atoms with Crippen molar-refractivity contribution in [3.8, 4) is 5.88 Å². The quantitative estimate of drug-likeness (QED) is 0.831. The average molecular weight is 279 g/mol. The number of anilines is 1. The molecule has 2 rings (SSSR count). The van der Waals surface area contributed by atoms with Gasteiger partial charge in [-0.2, -0.15) is 4.98 Å². The van der Waals surface area contributed by atoms with Crippen LogP contribution < -0.4 is 10.1 Å². The van der Waals surface area contributed by atoms with Gasteiger partial charge in [0.25, 0.3) is 0 Å². The predicted molar refractivity (Wildman–Crippen MR) is 79.3 cm³/mol. The van der Waals surface area contributed by atoms with E-state index in [1.807, 2.05) is 6.07 Å². The van der Waals surface area contributed by atoms with Crippen molar-refractivity contribution in [1.82, 2.24) is 9.97 Å². The lowest BCUT2D eigenvalue weighted by Crippen LogP contribution is -2.26. The summed E-state index contributed by atoms with van der Waals surface area (Å²) >= 11 is 0. The van der Waals surface area contributed by atoms with Crippen LogP contribution in [0, 0.1) is 0 Å². The molecular weight excluding hydrogens is 254 g/mol. The van der Waals surface area contributed by atoms with Crippen LogP contribution in [0.25, 0.3) is 0 Å². The Kier molecular flexibility index (Phi) is 6.05. The highest BCUT2D eigenvalue weighted by atomic mass is 16.5. The molecule has 0 spiro atoms. The van der Waals surface area contributed by atoms with E-state index in [0.717, 1.165) is 63.5 Å². The van der Waals surface area contributed by atoms with E-state index in [9.17, 15) is 0 Å². The van der Waals surface area contributed by atoms with Crippen LogP contribution in [0.2, 0.25) is 0 Å². The van der Waals surface area contributed by atoms with Gasteiger partial charge in [0.1, 0.15) is 17.7 Å². The summed E-state index contributed by atoms with van der Waals surface area (Å²) in [6.07, 6.45) is 5.07. The molecule has 0 unspecified atom stereocenters. The van der Waals surface area contributed by atoms with E-state index in [1.165, 1.54) is 0 Å². The molecule has 1 fully saturated rings. The zero-order chi connectivity index (χ0) is 14.2. The number of hydrogen-bond donors (Lipinski definition) is 1. The van der Waals surface area contributed by atoms with Gasteiger partial charge >= 0.3 is 0 Å². The summed E-state index contributed by atoms with van der Waals surface area (Å²) in [5, 5.41) is 3.31. The van der Waals surface area contributed by atoms with Crippen molar-refractivity contribution in [2.24, 2.45) is 0 Å². The third-order valence-electron chi connectivity index (χ3n) is 3.23. The fourth-order valence-electron chi connectivity index (χ4n) is 2.18. The van der Waals surface area contributed by atoms with E-state index in [1.54, 1.807) is 0 Å². The van der Waals surface area contributed by atoms with Gasteiger partial charge in [-0.1, -0.05) is 13.8 Å². The van der Waals surface area contributed by atoms with E-state index in [2.05, 4.69) is 29.1 Å². The molecule has 2 heterocycles. The molecule has 0 radical (unpaired) electrons. The van der Waals surface area contributed by atoms with Crippen molar-refractivity contribution in [3.05, 3.63) is 11.9 Å². The largest absolute Gasteiger partial charge is 0.474 e. The van der Waals surface area contributed by atoms with Crippen LogP contribution in [0.5, 0.6) is 5.88 Å². The second-order valence-corrected chi connectivity index (χ2v) is 5.11. The minimum atomic E-state index is 0.215. The van der Waals surface area contributed by atoms with Gasteiger partial charge in [-0.05, 0) is 12.8 Å². The van der Waals surface area contributed by atoms with Gasteiger partial charge in [0.2, 0.25) is 5.88 Å². The normalized spacial score (nSPS) is 16.1. The standard InChI is InChI=1S/C15H25N3O2/c1-3-5-13-17-14(16-8-4-2)11-15(18-13)20-12-6-9-19-10-7-12/h11-12H,3-10H2,1-2H3,(H,16,17,18). The zero-order valence-electron chi connectivity index (χ0n) is 12.5. The maximum absolute atomic E-state index is 5.99. The maximum atomic E-state index is 5.99. The molecular formula is C15H25N3O2. The Hall–Kier alpha value is -1.36. The Morgan fingerprint density at radius 2 is 2.05 bits per heavy atom. The Morgan fingerprint density at radius 3 is 2.75 bits per heavy atom. The lowest BCUT2D eigenvalue weighted by atomic mass is 10.1. The molecule has 0 amide bonds. The van der Waals surface area contributed by atoms with Gasteiger partial charge in [0.15, 0.2) is 0 Å². The lowest BCUT2D eigenvalue weighted by Gasteiger charge is -2.23. The number of ether oxygens (including phenoxy) is 2. The van der Waals surface area contributed by atoms with Crippen molar-refractivity contribution in [2.45, 2.75) is 52.1 Å². The predicted octanol–water partition coefficient (Wildman–Crippen LogP) is 2.81. The van der Waals surface area contributed by atoms with Crippen LogP contribution in [0.3, 0.4) is 0 Å². The van der Waals surface area contributed by atoms with Crippen molar-refractivity contribution in [3.63, 3.8) is 0 Å². The molecule has 0 aliphatic carbocycles. The molecule has 1 aliphatic rings. The molecule has 5 nitrogen and oxygen atoms in total. The number of rotatable bonds is 7. The van der Waals surface area contributed by atoms with Crippen molar-refractivity contribution < 1.29 is 9.47 Å². The number of nitrogens with one attached hydrogen (secondary N) is 1. The Bertz CT molecular complexity index is 406. The summed E-state index contributed by atoms with van der Waals surface area (Å²) in [7, 11) is 0. The number of nitrogens with zero attached hydrogens (tertiary/aromatic N) is 2. The first-order chi connectivity index (χ1) is 9.81. The Morgan fingerprint density at radius 1 is 1.25 bits per heavy atom. The summed E-state index contributed by atoms with van der Waals surface area (Å²) in [6, 6.07) is 1.91. The van der Waals surface area contributed by atoms with Gasteiger partial charge in [-0.15, -0.1) is 0 Å². The molecule has 0 aromatic carbocycles. The Labute approximate surface area is 121 Å². The van der Waals surface area contributed by atoms with Crippen molar-refractivity contribution in [1.29, 1.82) is 0 Å². The third-order valence-corrected chi connectivity index (χ3v) is 3.23. The van der Waals surface area contributed by atoms with Gasteiger partial charge < -0.3 is 14.8 Å². The Balaban J connectivity index is 2.06. The molecule has 1 N–H and O–H groups in total. The van der Waals surface area contributed by atoms with Crippen LogP contribution in [0.4, 0.5) is 5.82 Å². The summed E-state index contributed by atoms with van der Waals surface area (Å²) in [5.41, 5.74) is 0. The van der Waals surface area contributed by atoms with Crippen LogP contribution in [0.15, 0.2) is 6.07 Å². The van der Waals surface area contributed by atoms with Crippen LogP contribution in [-0.4, -0.2) is 35.8 Å². The molecule has 0 saturated carbocycles. The molecule has 1 aromatic heterocycles. The first kappa shape index (κ1) is 15.0. The van der Waals surface area contributed by atoms with Crippen LogP contribution >= 0.6 is 0 Å². The number of hydrogen-bond acceptors (Lipinski definition) is 5. The maximum Gasteiger partial charge on any atom is 0.219 e. The topological polar surface area (TPSA) is 56.3 Å². The van der Waals surface area contributed by atoms with E-state index in [4.69, 9.17) is 9.47 Å². The van der Waals surface area contributed by atoms with Crippen LogP contribution in [-0.2, 0) is 11.2 Å². The van der Waals surface area contributed by atoms with Gasteiger partial charge in [0.05, 0.1) is 13.2 Å². The summed E-state index contributed by atoms with van der Waals surface area (Å²) in [5.74, 6) is 2.41. The number of aromatic nitrogens is 2. The van der Waals surface area contributed by atoms with E-state index in [-0.39, 0.29) is 6.10 Å². The summed E-state index contributed by atoms with van der Waals surface area (Å²) < 4.78 is 11.3. The van der Waals surface area contributed by atoms with Gasteiger partial charge in [-0.25, -0.2) is 4.98 Å². The highest BCUT2D eigenvalue weighted by Crippen LogP contribution is 2.19. The molecule has 0 atom stereocenters. The first-order valence-electron chi connectivity index (χ1n) is 7.68. The van der Waals surface area contributed by atoms with Gasteiger partial charge in [-0.3, -0.25) is 0 Å². The molecule has 5 heteroatoms. The van der Waals surface area contributed by atoms with Gasteiger partial charge in [0, 0.05) is 31.9 Å². The fraction of sp³-hybridized carbons (Fsp3) is 0.733. The average Bonchev–Trinajstić information content (AvgIpc) is 2.46. The summed E-state index contributed by atoms with van der Waals surface area (Å²) in [6.45, 7) is 6.74. The highest BCUT2D eigenvalue weighted by molar-refractivity contribution is 5.38. The van der Waals surface area contributed by atoms with Crippen molar-refractivity contribution >= 4 is 5.82 Å². The SMILES string of the molecule is CCCNc1cc(OC2CCOCC2)nc(CCC)n1. The minimum Gasteiger partial charge on any atom is -0.474 e. The highest BCUT2D eigenvalue weighted by Gasteiger charge is 2.16. The molecule has 20 heavy (non-hydrogen) atoms. The molecule has 112 valence electrons. The third kappa shape index (κ3) is 4.63. The lowest BCUT2D eigenvalue weighted by molar-refractivity contribution is 0.0236. The molecule has 1 aromatic rings. The summed E-state index contributed by atoms with van der Waals surface area (Å²) in [4.78, 5) is 9.04.